The van der Waals surface area contributed by atoms with Crippen LogP contribution < -0.4 is 11.1 Å². The summed E-state index contributed by atoms with van der Waals surface area (Å²) in [6.45, 7) is 5.12. The lowest BCUT2D eigenvalue weighted by molar-refractivity contribution is -0.117. The number of piperidine rings is 1. The van der Waals surface area contributed by atoms with Gasteiger partial charge in [-0.15, -0.1) is 12.4 Å². The van der Waals surface area contributed by atoms with E-state index >= 15 is 0 Å². The number of rotatable bonds is 4. The minimum absolute atomic E-state index is 0. The minimum atomic E-state index is 0. The molecule has 3 N–H and O–H groups in total. The van der Waals surface area contributed by atoms with E-state index in [9.17, 15) is 4.79 Å². The Labute approximate surface area is 127 Å². The number of nitrogens with two attached hydrogens (primary N) is 1. The Balaban J connectivity index is 0.00000200. The lowest BCUT2D eigenvalue weighted by atomic mass is 9.98. The van der Waals surface area contributed by atoms with Gasteiger partial charge in [-0.3, -0.25) is 9.69 Å². The molecule has 5 heteroatoms. The van der Waals surface area contributed by atoms with Crippen molar-refractivity contribution in [2.45, 2.75) is 19.8 Å². The maximum Gasteiger partial charge on any atom is 0.238 e. The van der Waals surface area contributed by atoms with Crippen LogP contribution in [0.15, 0.2) is 24.3 Å². The molecule has 4 nitrogen and oxygen atoms in total. The van der Waals surface area contributed by atoms with Crippen molar-refractivity contribution in [1.29, 1.82) is 0 Å². The fourth-order valence-electron chi connectivity index (χ4n) is 2.59. The first-order chi connectivity index (χ1) is 9.19. The maximum atomic E-state index is 12.0. The van der Waals surface area contributed by atoms with Gasteiger partial charge in [0.1, 0.15) is 0 Å². The Morgan fingerprint density at radius 2 is 2.20 bits per heavy atom. The second kappa shape index (κ2) is 8.25. The third kappa shape index (κ3) is 4.78. The fraction of sp³-hybridized carbons (Fsp3) is 0.533. The number of hydrogen-bond donors (Lipinski definition) is 2. The summed E-state index contributed by atoms with van der Waals surface area (Å²) in [6, 6.07) is 7.85. The quantitative estimate of drug-likeness (QED) is 0.894. The molecule has 1 saturated heterocycles. The SMILES string of the molecule is Cc1ccccc1NC(=O)CN1CCCC(CN)C1.Cl. The molecule has 1 heterocycles. The molecular weight excluding hydrogens is 274 g/mol. The molecule has 20 heavy (non-hydrogen) atoms. The number of nitrogens with one attached hydrogen (secondary N) is 1. The smallest absolute Gasteiger partial charge is 0.238 e. The molecule has 1 aromatic rings. The van der Waals surface area contributed by atoms with Crippen molar-refractivity contribution in [3.05, 3.63) is 29.8 Å². The molecular formula is C15H24ClN3O. The largest absolute Gasteiger partial charge is 0.330 e. The van der Waals surface area contributed by atoms with E-state index in [-0.39, 0.29) is 18.3 Å². The standard InChI is InChI=1S/C15H23N3O.ClH/c1-12-5-2-3-7-14(12)17-15(19)11-18-8-4-6-13(9-16)10-18;/h2-3,5,7,13H,4,6,8-11,16H2,1H3,(H,17,19);1H. The first-order valence-electron chi connectivity index (χ1n) is 6.97. The molecule has 0 spiro atoms. The average Bonchev–Trinajstić information content (AvgIpc) is 2.41. The Morgan fingerprint density at radius 1 is 1.45 bits per heavy atom. The molecule has 1 unspecified atom stereocenters. The molecule has 1 aliphatic rings. The van der Waals surface area contributed by atoms with E-state index in [1.165, 1.54) is 6.42 Å². The molecule has 1 aromatic carbocycles. The average molecular weight is 298 g/mol. The van der Waals surface area contributed by atoms with E-state index in [0.717, 1.165) is 37.3 Å². The highest BCUT2D eigenvalue weighted by Crippen LogP contribution is 2.16. The van der Waals surface area contributed by atoms with Crippen molar-refractivity contribution in [2.75, 3.05) is 31.5 Å². The number of para-hydroxylation sites is 1. The predicted molar refractivity (Wildman–Crippen MR) is 85.3 cm³/mol. The first-order valence-corrected chi connectivity index (χ1v) is 6.97. The number of halogens is 1. The Kier molecular flexibility index (Phi) is 6.99. The number of nitrogens with zero attached hydrogens (tertiary/aromatic N) is 1. The molecule has 0 saturated carbocycles. The fourth-order valence-corrected chi connectivity index (χ4v) is 2.59. The van der Waals surface area contributed by atoms with Crippen LogP contribution in [-0.2, 0) is 4.79 Å². The van der Waals surface area contributed by atoms with Gasteiger partial charge in [-0.25, -0.2) is 0 Å². The lowest BCUT2D eigenvalue weighted by Crippen LogP contribution is -2.42. The van der Waals surface area contributed by atoms with E-state index in [1.807, 2.05) is 31.2 Å². The van der Waals surface area contributed by atoms with Gasteiger partial charge in [-0.2, -0.15) is 0 Å². The van der Waals surface area contributed by atoms with Gasteiger partial charge in [0.05, 0.1) is 6.54 Å². The summed E-state index contributed by atoms with van der Waals surface area (Å²) < 4.78 is 0. The molecule has 2 rings (SSSR count). The number of likely N-dealkylation sites (tertiary alicyclic amines) is 1. The molecule has 0 aliphatic carbocycles. The molecule has 0 radical (unpaired) electrons. The summed E-state index contributed by atoms with van der Waals surface area (Å²) in [7, 11) is 0. The van der Waals surface area contributed by atoms with E-state index < -0.39 is 0 Å². The lowest BCUT2D eigenvalue weighted by Gasteiger charge is -2.31. The molecule has 112 valence electrons. The summed E-state index contributed by atoms with van der Waals surface area (Å²) in [4.78, 5) is 14.2. The normalized spacial score (nSPS) is 19.2. The van der Waals surface area contributed by atoms with Crippen LogP contribution in [0.4, 0.5) is 5.69 Å². The summed E-state index contributed by atoms with van der Waals surface area (Å²) >= 11 is 0. The number of amides is 1. The van der Waals surface area contributed by atoms with Crippen LogP contribution in [0.1, 0.15) is 18.4 Å². The van der Waals surface area contributed by atoms with Gasteiger partial charge in [0.25, 0.3) is 0 Å². The van der Waals surface area contributed by atoms with Crippen molar-refractivity contribution in [2.24, 2.45) is 11.7 Å². The summed E-state index contributed by atoms with van der Waals surface area (Å²) in [5, 5.41) is 2.98. The molecule has 0 bridgehead atoms. The monoisotopic (exact) mass is 297 g/mol. The van der Waals surface area contributed by atoms with Crippen molar-refractivity contribution in [1.82, 2.24) is 4.90 Å². The molecule has 1 amide bonds. The summed E-state index contributed by atoms with van der Waals surface area (Å²) in [5.74, 6) is 0.604. The first kappa shape index (κ1) is 17.0. The van der Waals surface area contributed by atoms with Crippen molar-refractivity contribution >= 4 is 24.0 Å². The number of carbonyl (C=O) groups excluding carboxylic acids is 1. The van der Waals surface area contributed by atoms with E-state index in [0.29, 0.717) is 12.5 Å². The van der Waals surface area contributed by atoms with Crippen LogP contribution in [0.5, 0.6) is 0 Å². The van der Waals surface area contributed by atoms with Gasteiger partial charge in [0.15, 0.2) is 0 Å². The molecule has 1 atom stereocenters. The highest BCUT2D eigenvalue weighted by molar-refractivity contribution is 5.92. The highest BCUT2D eigenvalue weighted by Gasteiger charge is 2.20. The number of hydrogen-bond acceptors (Lipinski definition) is 3. The van der Waals surface area contributed by atoms with Gasteiger partial charge >= 0.3 is 0 Å². The number of carbonyl (C=O) groups is 1. The zero-order valence-electron chi connectivity index (χ0n) is 12.0. The van der Waals surface area contributed by atoms with Gasteiger partial charge in [-0.05, 0) is 50.4 Å². The van der Waals surface area contributed by atoms with Gasteiger partial charge in [0, 0.05) is 12.2 Å². The zero-order valence-corrected chi connectivity index (χ0v) is 12.8. The summed E-state index contributed by atoms with van der Waals surface area (Å²) in [6.07, 6.45) is 2.33. The van der Waals surface area contributed by atoms with Gasteiger partial charge in [-0.1, -0.05) is 18.2 Å². The maximum absolute atomic E-state index is 12.0. The predicted octanol–water partition coefficient (Wildman–Crippen LogP) is 2.03. The van der Waals surface area contributed by atoms with Gasteiger partial charge in [0.2, 0.25) is 5.91 Å². The highest BCUT2D eigenvalue weighted by atomic mass is 35.5. The van der Waals surface area contributed by atoms with E-state index in [4.69, 9.17) is 5.73 Å². The Bertz CT molecular complexity index is 439. The zero-order chi connectivity index (χ0) is 13.7. The Morgan fingerprint density at radius 3 is 2.90 bits per heavy atom. The van der Waals surface area contributed by atoms with E-state index in [1.54, 1.807) is 0 Å². The van der Waals surface area contributed by atoms with Crippen LogP contribution in [0.3, 0.4) is 0 Å². The van der Waals surface area contributed by atoms with Crippen LogP contribution >= 0.6 is 12.4 Å². The second-order valence-corrected chi connectivity index (χ2v) is 5.34. The van der Waals surface area contributed by atoms with Crippen molar-refractivity contribution in [3.63, 3.8) is 0 Å². The van der Waals surface area contributed by atoms with Crippen LogP contribution in [-0.4, -0.2) is 37.0 Å². The van der Waals surface area contributed by atoms with Crippen LogP contribution in [0, 0.1) is 12.8 Å². The third-order valence-corrected chi connectivity index (χ3v) is 3.72. The third-order valence-electron chi connectivity index (χ3n) is 3.72. The van der Waals surface area contributed by atoms with E-state index in [2.05, 4.69) is 10.2 Å². The van der Waals surface area contributed by atoms with Crippen LogP contribution in [0.2, 0.25) is 0 Å². The second-order valence-electron chi connectivity index (χ2n) is 5.34. The van der Waals surface area contributed by atoms with Crippen molar-refractivity contribution < 1.29 is 4.79 Å². The topological polar surface area (TPSA) is 58.4 Å². The number of anilines is 1. The molecule has 1 fully saturated rings. The minimum Gasteiger partial charge on any atom is -0.330 e. The number of aryl methyl sites for hydroxylation is 1. The molecule has 0 aromatic heterocycles. The summed E-state index contributed by atoms with van der Waals surface area (Å²) in [5.41, 5.74) is 7.71. The van der Waals surface area contributed by atoms with Gasteiger partial charge < -0.3 is 11.1 Å². The number of benzene rings is 1. The molecule has 1 aliphatic heterocycles. The Hall–Kier alpha value is -1.10. The van der Waals surface area contributed by atoms with Crippen molar-refractivity contribution in [3.8, 4) is 0 Å². The van der Waals surface area contributed by atoms with Crippen LogP contribution in [0.25, 0.3) is 0 Å².